The van der Waals surface area contributed by atoms with Gasteiger partial charge >= 0.3 is 75.0 Å². The molecular weight excluding hydrogens is 868 g/mol. The summed E-state index contributed by atoms with van der Waals surface area (Å²) in [7, 11) is 1.86. The molecule has 0 saturated heterocycles. The molecule has 52 valence electrons. The maximum atomic E-state index is 2.72. The van der Waals surface area contributed by atoms with Crippen LogP contribution in [0.1, 0.15) is 0 Å². The second kappa shape index (κ2) is 9.62. The second-order valence-electron chi connectivity index (χ2n) is 0.618. The molecule has 0 unspecified atom stereocenters. The van der Waals surface area contributed by atoms with E-state index in [1.807, 2.05) is 29.9 Å². The summed E-state index contributed by atoms with van der Waals surface area (Å²) < 4.78 is 1.32. The molecule has 1 nitrogen and oxygen atoms in total. The normalized spacial score (nSPS) is 9.75. The molecule has 1 N–H and O–H groups in total. The Morgan fingerprint density at radius 3 is 1.12 bits per heavy atom. The average Bonchev–Trinajstić information content (AvgIpc) is 1.27. The Bertz CT molecular complexity index is 36.2. The molecule has 0 aliphatic carbocycles. The van der Waals surface area contributed by atoms with Crippen LogP contribution in [0.5, 0.6) is 0 Å². The van der Waals surface area contributed by atoms with Gasteiger partial charge in [-0.15, -0.1) is 0 Å². The van der Waals surface area contributed by atoms with Crippen LogP contribution in [-0.2, 0) is 0 Å². The maximum absolute atomic E-state index is 2.72. The SMILES string of the molecule is CNI.[I][Pb]([I])([I])[I]. The first-order valence-corrected chi connectivity index (χ1v) is 46.3. The van der Waals surface area contributed by atoms with Crippen molar-refractivity contribution in [2.24, 2.45) is 0 Å². The van der Waals surface area contributed by atoms with E-state index < -0.39 is 4.00 Å². The Morgan fingerprint density at radius 1 is 1.12 bits per heavy atom. The zero-order valence-electron chi connectivity index (χ0n) is 3.89. The van der Waals surface area contributed by atoms with Crippen LogP contribution in [0, 0.1) is 0 Å². The second-order valence-corrected chi connectivity index (χ2v) is 170. The van der Waals surface area contributed by atoms with E-state index >= 15 is 0 Å². The van der Waals surface area contributed by atoms with Crippen molar-refractivity contribution in [2.75, 3.05) is 7.05 Å². The molecule has 0 spiro atoms. The van der Waals surface area contributed by atoms with Gasteiger partial charge in [-0.05, 0) is 7.05 Å². The van der Waals surface area contributed by atoms with Gasteiger partial charge in [-0.1, -0.05) is 0 Å². The molecule has 0 rings (SSSR count). The minimum absolute atomic E-state index is 1.40. The van der Waals surface area contributed by atoms with Gasteiger partial charge in [0.15, 0.2) is 0 Å². The Morgan fingerprint density at radius 2 is 1.12 bits per heavy atom. The fourth-order valence-corrected chi connectivity index (χ4v) is 0. The average molecular weight is 872 g/mol. The fraction of sp³-hybridized carbons (Fsp3) is 1.00. The molecule has 0 radical (unpaired) electrons. The molecule has 0 amide bonds. The Labute approximate surface area is 105 Å². The summed E-state index contributed by atoms with van der Waals surface area (Å²) in [4.78, 5) is 0. The molecule has 0 bridgehead atoms. The summed E-state index contributed by atoms with van der Waals surface area (Å²) in [5.74, 6) is 0. The monoisotopic (exact) mass is 873 g/mol. The standard InChI is InChI=1S/CH4IN.4HI.Pb/c1-3-2;;;;;/h3H,1H3;4*1H;/q;;;;;+4/p-4. The molecule has 0 aromatic rings. The van der Waals surface area contributed by atoms with E-state index in [2.05, 4.69) is 74.6 Å². The van der Waals surface area contributed by atoms with Gasteiger partial charge in [0.1, 0.15) is 0 Å². The molecule has 0 heterocycles. The van der Waals surface area contributed by atoms with E-state index in [-0.39, 0.29) is 0 Å². The van der Waals surface area contributed by atoms with E-state index in [4.69, 9.17) is 0 Å². The van der Waals surface area contributed by atoms with E-state index in [9.17, 15) is 0 Å². The summed E-state index contributed by atoms with van der Waals surface area (Å²) in [5.41, 5.74) is 0. The first kappa shape index (κ1) is 15.0. The number of rotatable bonds is 0. The van der Waals surface area contributed by atoms with Gasteiger partial charge in [0, 0.05) is 22.9 Å². The first-order chi connectivity index (χ1) is 3.41. The molecule has 0 fully saturated rings. The molecule has 0 aromatic carbocycles. The van der Waals surface area contributed by atoms with Gasteiger partial charge in [-0.2, -0.15) is 0 Å². The van der Waals surface area contributed by atoms with Crippen LogP contribution in [0.25, 0.3) is 0 Å². The van der Waals surface area contributed by atoms with E-state index in [1.165, 1.54) is 0 Å². The fourth-order valence-electron chi connectivity index (χ4n) is 0. The van der Waals surface area contributed by atoms with Crippen LogP contribution in [0.4, 0.5) is 0 Å². The van der Waals surface area contributed by atoms with Gasteiger partial charge in [-0.3, -0.25) is 3.53 Å². The van der Waals surface area contributed by atoms with Crippen LogP contribution < -0.4 is 3.53 Å². The van der Waals surface area contributed by atoms with Crippen LogP contribution in [-0.4, -0.2) is 11.0 Å². The van der Waals surface area contributed by atoms with Gasteiger partial charge in [0.05, 0.1) is 0 Å². The van der Waals surface area contributed by atoms with Gasteiger partial charge in [-0.25, -0.2) is 0 Å². The van der Waals surface area contributed by atoms with Crippen molar-refractivity contribution in [3.8, 4) is 0 Å². The van der Waals surface area contributed by atoms with E-state index in [1.54, 1.807) is 0 Å². The molecule has 8 heavy (non-hydrogen) atoms. The van der Waals surface area contributed by atoms with Crippen LogP contribution in [0.15, 0.2) is 0 Å². The molecular formula is CH4I5NPb. The number of hydrogen-bond acceptors (Lipinski definition) is 1. The van der Waals surface area contributed by atoms with Crippen molar-refractivity contribution in [2.45, 2.75) is 0 Å². The predicted molar refractivity (Wildman–Crippen MR) is 84.9 cm³/mol. The Kier molecular flexibility index (Phi) is 18.1. The van der Waals surface area contributed by atoms with Crippen molar-refractivity contribution >= 4 is 97.9 Å². The third kappa shape index (κ3) is 46.6. The first-order valence-electron chi connectivity index (χ1n) is 1.44. The third-order valence-electron chi connectivity index (χ3n) is 0. The summed E-state index contributed by atoms with van der Waals surface area (Å²) >= 11 is 12.3. The van der Waals surface area contributed by atoms with Crippen LogP contribution in [0.3, 0.4) is 0 Å². The Hall–Kier alpha value is 4.53. The molecule has 0 aliphatic rings. The summed E-state index contributed by atoms with van der Waals surface area (Å²) in [6.07, 6.45) is 0. The minimum atomic E-state index is -1.40. The van der Waals surface area contributed by atoms with Gasteiger partial charge in [0.2, 0.25) is 0 Å². The molecule has 0 saturated carbocycles. The van der Waals surface area contributed by atoms with Gasteiger partial charge < -0.3 is 0 Å². The summed E-state index contributed by atoms with van der Waals surface area (Å²) in [6, 6.07) is 0. The number of hydrogen-bond donors (Lipinski definition) is 1. The molecule has 0 aromatic heterocycles. The molecule has 7 heteroatoms. The van der Waals surface area contributed by atoms with Crippen molar-refractivity contribution < 1.29 is 0 Å². The number of halogens is 5. The van der Waals surface area contributed by atoms with Crippen molar-refractivity contribution in [1.82, 2.24) is 3.53 Å². The van der Waals surface area contributed by atoms with Crippen molar-refractivity contribution in [3.05, 3.63) is 0 Å². The molecule has 0 aliphatic heterocycles. The quantitative estimate of drug-likeness (QED) is 0.223. The zero-order valence-corrected chi connectivity index (χ0v) is 18.6. The Balaban J connectivity index is 0. The van der Waals surface area contributed by atoms with Gasteiger partial charge in [0.25, 0.3) is 0 Å². The van der Waals surface area contributed by atoms with Crippen LogP contribution in [0.2, 0.25) is 0 Å². The zero-order chi connectivity index (χ0) is 7.21. The third-order valence-corrected chi connectivity index (χ3v) is 0. The predicted octanol–water partition coefficient (Wildman–Crippen LogP) is 3.72. The summed E-state index contributed by atoms with van der Waals surface area (Å²) in [5, 5.41) is 0. The number of nitrogens with one attached hydrogen (secondary N) is 1. The molecule has 0 atom stereocenters. The van der Waals surface area contributed by atoms with Crippen molar-refractivity contribution in [3.63, 3.8) is 0 Å². The topological polar surface area (TPSA) is 12.0 Å². The summed E-state index contributed by atoms with van der Waals surface area (Å²) in [6.45, 7) is 0. The van der Waals surface area contributed by atoms with E-state index in [0.717, 1.165) is 0 Å². The van der Waals surface area contributed by atoms with Crippen LogP contribution >= 0.6 is 93.9 Å². The van der Waals surface area contributed by atoms with E-state index in [0.29, 0.717) is 0 Å². The van der Waals surface area contributed by atoms with Crippen molar-refractivity contribution in [1.29, 1.82) is 0 Å².